The van der Waals surface area contributed by atoms with Crippen molar-refractivity contribution in [2.24, 2.45) is 5.41 Å². The second kappa shape index (κ2) is 5.25. The summed E-state index contributed by atoms with van der Waals surface area (Å²) in [6, 6.07) is 0.359. The van der Waals surface area contributed by atoms with Crippen molar-refractivity contribution < 1.29 is 4.74 Å². The SMILES string of the molecule is CCOC1CC(Nc2nnc(Cl)c(C)c2C)C1(C)C. The van der Waals surface area contributed by atoms with E-state index in [1.165, 1.54) is 0 Å². The second-order valence-corrected chi connectivity index (χ2v) is 6.15. The minimum Gasteiger partial charge on any atom is -0.378 e. The highest BCUT2D eigenvalue weighted by molar-refractivity contribution is 6.30. The molecule has 0 radical (unpaired) electrons. The van der Waals surface area contributed by atoms with Gasteiger partial charge in [0, 0.05) is 18.1 Å². The Labute approximate surface area is 119 Å². The molecule has 1 aromatic heterocycles. The van der Waals surface area contributed by atoms with Gasteiger partial charge in [0.15, 0.2) is 11.0 Å². The fourth-order valence-corrected chi connectivity index (χ4v) is 2.67. The summed E-state index contributed by atoms with van der Waals surface area (Å²) in [6.07, 6.45) is 1.32. The topological polar surface area (TPSA) is 47.0 Å². The first-order valence-electron chi connectivity index (χ1n) is 6.75. The average Bonchev–Trinajstić information content (AvgIpc) is 2.37. The minimum atomic E-state index is 0.109. The molecule has 1 fully saturated rings. The summed E-state index contributed by atoms with van der Waals surface area (Å²) in [7, 11) is 0. The van der Waals surface area contributed by atoms with Gasteiger partial charge in [0.25, 0.3) is 0 Å². The molecule has 19 heavy (non-hydrogen) atoms. The van der Waals surface area contributed by atoms with E-state index >= 15 is 0 Å². The Kier molecular flexibility index (Phi) is 4.02. The predicted molar refractivity (Wildman–Crippen MR) is 77.7 cm³/mol. The first-order valence-corrected chi connectivity index (χ1v) is 7.13. The van der Waals surface area contributed by atoms with Crippen molar-refractivity contribution in [1.82, 2.24) is 10.2 Å². The van der Waals surface area contributed by atoms with Gasteiger partial charge in [0.05, 0.1) is 6.10 Å². The molecule has 1 heterocycles. The van der Waals surface area contributed by atoms with Gasteiger partial charge < -0.3 is 10.1 Å². The molecule has 1 saturated carbocycles. The Morgan fingerprint density at radius 2 is 2.00 bits per heavy atom. The molecule has 1 aliphatic rings. The molecule has 1 aliphatic carbocycles. The maximum absolute atomic E-state index is 5.97. The van der Waals surface area contributed by atoms with E-state index in [1.807, 2.05) is 20.8 Å². The Balaban J connectivity index is 2.10. The van der Waals surface area contributed by atoms with Crippen LogP contribution >= 0.6 is 11.6 Å². The van der Waals surface area contributed by atoms with E-state index in [9.17, 15) is 0 Å². The first kappa shape index (κ1) is 14.5. The molecule has 1 N–H and O–H groups in total. The average molecular weight is 284 g/mol. The third-order valence-corrected chi connectivity index (χ3v) is 4.68. The zero-order valence-electron chi connectivity index (χ0n) is 12.2. The fraction of sp³-hybridized carbons (Fsp3) is 0.714. The maximum atomic E-state index is 5.97. The van der Waals surface area contributed by atoms with Crippen LogP contribution in [0.15, 0.2) is 0 Å². The van der Waals surface area contributed by atoms with E-state index in [2.05, 4.69) is 29.4 Å². The summed E-state index contributed by atoms with van der Waals surface area (Å²) in [6.45, 7) is 11.2. The summed E-state index contributed by atoms with van der Waals surface area (Å²) in [5.74, 6) is 0.829. The number of hydrogen-bond acceptors (Lipinski definition) is 4. The zero-order chi connectivity index (χ0) is 14.2. The third kappa shape index (κ3) is 2.56. The fourth-order valence-electron chi connectivity index (χ4n) is 2.49. The molecule has 1 aromatic rings. The highest BCUT2D eigenvalue weighted by Gasteiger charge is 2.49. The summed E-state index contributed by atoms with van der Waals surface area (Å²) >= 11 is 5.97. The van der Waals surface area contributed by atoms with E-state index in [0.717, 1.165) is 30.0 Å². The van der Waals surface area contributed by atoms with E-state index in [-0.39, 0.29) is 5.41 Å². The van der Waals surface area contributed by atoms with Gasteiger partial charge >= 0.3 is 0 Å². The molecule has 106 valence electrons. The summed E-state index contributed by atoms with van der Waals surface area (Å²) < 4.78 is 5.74. The molecular weight excluding hydrogens is 262 g/mol. The molecule has 5 heteroatoms. The van der Waals surface area contributed by atoms with Gasteiger partial charge in [-0.1, -0.05) is 25.4 Å². The third-order valence-electron chi connectivity index (χ3n) is 4.32. The van der Waals surface area contributed by atoms with Gasteiger partial charge in [0.1, 0.15) is 0 Å². The van der Waals surface area contributed by atoms with Gasteiger partial charge in [-0.05, 0) is 38.3 Å². The standard InChI is InChI=1S/C14H22ClN3O/c1-6-19-11-7-10(14(11,4)5)16-13-9(3)8(2)12(15)17-18-13/h10-11H,6-7H2,1-5H3,(H,16,18). The van der Waals surface area contributed by atoms with Crippen LogP contribution in [-0.2, 0) is 4.74 Å². The molecule has 0 aliphatic heterocycles. The number of halogens is 1. The lowest BCUT2D eigenvalue weighted by molar-refractivity contribution is -0.0977. The van der Waals surface area contributed by atoms with E-state index in [0.29, 0.717) is 17.3 Å². The molecule has 0 spiro atoms. The molecule has 0 bridgehead atoms. The van der Waals surface area contributed by atoms with Crippen molar-refractivity contribution in [3.63, 3.8) is 0 Å². The number of nitrogens with zero attached hydrogens (tertiary/aromatic N) is 2. The summed E-state index contributed by atoms with van der Waals surface area (Å²) in [4.78, 5) is 0. The van der Waals surface area contributed by atoms with Crippen molar-refractivity contribution in [3.8, 4) is 0 Å². The quantitative estimate of drug-likeness (QED) is 0.920. The number of aromatic nitrogens is 2. The van der Waals surface area contributed by atoms with Crippen LogP contribution in [0.25, 0.3) is 0 Å². The summed E-state index contributed by atoms with van der Waals surface area (Å²) in [5.41, 5.74) is 2.16. The van der Waals surface area contributed by atoms with Gasteiger partial charge in [-0.15, -0.1) is 10.2 Å². The number of hydrogen-bond donors (Lipinski definition) is 1. The second-order valence-electron chi connectivity index (χ2n) is 5.79. The maximum Gasteiger partial charge on any atom is 0.155 e. The lowest BCUT2D eigenvalue weighted by Gasteiger charge is -2.51. The zero-order valence-corrected chi connectivity index (χ0v) is 13.0. The molecule has 0 saturated heterocycles. The largest absolute Gasteiger partial charge is 0.378 e. The van der Waals surface area contributed by atoms with Crippen LogP contribution in [0.1, 0.15) is 38.3 Å². The van der Waals surface area contributed by atoms with Gasteiger partial charge in [-0.2, -0.15) is 0 Å². The molecular formula is C14H22ClN3O. The molecule has 4 nitrogen and oxygen atoms in total. The molecule has 2 unspecified atom stereocenters. The monoisotopic (exact) mass is 283 g/mol. The Morgan fingerprint density at radius 1 is 1.32 bits per heavy atom. The van der Waals surface area contributed by atoms with Crippen molar-refractivity contribution in [2.45, 2.75) is 53.2 Å². The number of ether oxygens (including phenoxy) is 1. The smallest absolute Gasteiger partial charge is 0.155 e. The van der Waals surface area contributed by atoms with Crippen molar-refractivity contribution in [2.75, 3.05) is 11.9 Å². The molecule has 2 atom stereocenters. The van der Waals surface area contributed by atoms with Crippen LogP contribution in [0.3, 0.4) is 0 Å². The van der Waals surface area contributed by atoms with Gasteiger partial charge in [-0.25, -0.2) is 0 Å². The summed E-state index contributed by atoms with van der Waals surface area (Å²) in [5, 5.41) is 12.1. The van der Waals surface area contributed by atoms with Crippen molar-refractivity contribution in [3.05, 3.63) is 16.3 Å². The number of rotatable bonds is 4. The molecule has 0 aromatic carbocycles. The van der Waals surface area contributed by atoms with Crippen LogP contribution in [-0.4, -0.2) is 29.0 Å². The lowest BCUT2D eigenvalue weighted by atomic mass is 9.64. The van der Waals surface area contributed by atoms with Crippen LogP contribution < -0.4 is 5.32 Å². The van der Waals surface area contributed by atoms with E-state index in [1.54, 1.807) is 0 Å². The van der Waals surface area contributed by atoms with Crippen LogP contribution in [0.4, 0.5) is 5.82 Å². The first-order chi connectivity index (χ1) is 8.87. The van der Waals surface area contributed by atoms with Crippen LogP contribution in [0.5, 0.6) is 0 Å². The Bertz CT molecular complexity index is 476. The lowest BCUT2D eigenvalue weighted by Crippen LogP contribution is -2.58. The van der Waals surface area contributed by atoms with E-state index in [4.69, 9.17) is 16.3 Å². The van der Waals surface area contributed by atoms with Crippen molar-refractivity contribution >= 4 is 17.4 Å². The Morgan fingerprint density at radius 3 is 2.58 bits per heavy atom. The Hall–Kier alpha value is -0.870. The highest BCUT2D eigenvalue weighted by Crippen LogP contribution is 2.44. The predicted octanol–water partition coefficient (Wildman–Crippen LogP) is 3.36. The highest BCUT2D eigenvalue weighted by atomic mass is 35.5. The number of anilines is 1. The van der Waals surface area contributed by atoms with Crippen molar-refractivity contribution in [1.29, 1.82) is 0 Å². The molecule has 2 rings (SSSR count). The normalized spacial score (nSPS) is 24.9. The van der Waals surface area contributed by atoms with Crippen LogP contribution in [0.2, 0.25) is 5.15 Å². The van der Waals surface area contributed by atoms with E-state index < -0.39 is 0 Å². The van der Waals surface area contributed by atoms with Crippen LogP contribution in [0, 0.1) is 19.3 Å². The minimum absolute atomic E-state index is 0.109. The molecule has 0 amide bonds. The van der Waals surface area contributed by atoms with Gasteiger partial charge in [-0.3, -0.25) is 0 Å². The number of nitrogens with one attached hydrogen (secondary N) is 1. The van der Waals surface area contributed by atoms with Gasteiger partial charge in [0.2, 0.25) is 0 Å².